The van der Waals surface area contributed by atoms with Crippen molar-refractivity contribution in [2.24, 2.45) is 0 Å². The number of aromatic amines is 1. The number of pyridine rings is 1. The molecule has 29 heavy (non-hydrogen) atoms. The van der Waals surface area contributed by atoms with E-state index in [4.69, 9.17) is 11.6 Å². The summed E-state index contributed by atoms with van der Waals surface area (Å²) in [4.78, 5) is 19.9. The summed E-state index contributed by atoms with van der Waals surface area (Å²) in [6.07, 6.45) is 1.66. The van der Waals surface area contributed by atoms with Crippen LogP contribution in [0.1, 0.15) is 16.1 Å². The number of hydrogen-bond donors (Lipinski definition) is 2. The Morgan fingerprint density at radius 1 is 1.00 bits per heavy atom. The van der Waals surface area contributed by atoms with Crippen molar-refractivity contribution in [3.63, 3.8) is 0 Å². The van der Waals surface area contributed by atoms with Gasteiger partial charge in [0.1, 0.15) is 5.69 Å². The summed E-state index contributed by atoms with van der Waals surface area (Å²) in [6, 6.07) is 17.8. The maximum absolute atomic E-state index is 12.7. The topological polar surface area (TPSA) is 91.9 Å². The highest BCUT2D eigenvalue weighted by Crippen LogP contribution is 2.23. The van der Waals surface area contributed by atoms with E-state index in [1.54, 1.807) is 42.6 Å². The number of nitrogens with one attached hydrogen (secondary N) is 2. The Labute approximate surface area is 172 Å². The van der Waals surface area contributed by atoms with Crippen LogP contribution >= 0.6 is 11.6 Å². The summed E-state index contributed by atoms with van der Waals surface area (Å²) in [5.41, 5.74) is 2.69. The van der Waals surface area contributed by atoms with Crippen LogP contribution in [0.3, 0.4) is 0 Å². The number of hydrogen-bond acceptors (Lipinski definition) is 4. The molecule has 2 N–H and O–H groups in total. The van der Waals surface area contributed by atoms with Crippen LogP contribution in [0.2, 0.25) is 5.02 Å². The number of benzene rings is 2. The average Bonchev–Trinajstić information content (AvgIpc) is 3.17. The molecule has 0 fully saturated rings. The lowest BCUT2D eigenvalue weighted by Gasteiger charge is -2.07. The maximum Gasteiger partial charge on any atom is 0.268 e. The molecule has 2 aromatic heterocycles. The third-order valence-electron chi connectivity index (χ3n) is 4.43. The highest BCUT2D eigenvalue weighted by Gasteiger charge is 2.18. The van der Waals surface area contributed by atoms with Gasteiger partial charge >= 0.3 is 0 Å². The first-order valence-corrected chi connectivity index (χ1v) is 10.6. The Kier molecular flexibility index (Phi) is 5.08. The minimum Gasteiger partial charge on any atom is -0.349 e. The van der Waals surface area contributed by atoms with E-state index in [-0.39, 0.29) is 22.2 Å². The number of nitrogens with zero attached hydrogens (tertiary/aromatic N) is 1. The van der Waals surface area contributed by atoms with Gasteiger partial charge in [-0.3, -0.25) is 9.78 Å². The van der Waals surface area contributed by atoms with Gasteiger partial charge in [0.15, 0.2) is 0 Å². The first kappa shape index (κ1) is 19.2. The van der Waals surface area contributed by atoms with Gasteiger partial charge in [-0.15, -0.1) is 0 Å². The normalized spacial score (nSPS) is 11.5. The van der Waals surface area contributed by atoms with Crippen molar-refractivity contribution in [2.45, 2.75) is 16.3 Å². The molecule has 0 aliphatic heterocycles. The second kappa shape index (κ2) is 7.69. The minimum atomic E-state index is -3.65. The predicted octanol–water partition coefficient (Wildman–Crippen LogP) is 3.98. The molecular weight excluding hydrogens is 410 g/mol. The molecule has 0 aliphatic carbocycles. The third kappa shape index (κ3) is 4.01. The largest absolute Gasteiger partial charge is 0.349 e. The van der Waals surface area contributed by atoms with E-state index in [1.807, 2.05) is 6.07 Å². The fourth-order valence-corrected chi connectivity index (χ4v) is 4.47. The fraction of sp³-hybridized carbons (Fsp3) is 0.0476. The number of amides is 1. The van der Waals surface area contributed by atoms with Gasteiger partial charge in [-0.05, 0) is 54.1 Å². The van der Waals surface area contributed by atoms with Crippen molar-refractivity contribution in [1.82, 2.24) is 15.3 Å². The second-order valence-electron chi connectivity index (χ2n) is 6.41. The van der Waals surface area contributed by atoms with E-state index >= 15 is 0 Å². The second-order valence-corrected chi connectivity index (χ2v) is 8.79. The van der Waals surface area contributed by atoms with Crippen LogP contribution in [-0.2, 0) is 16.4 Å². The monoisotopic (exact) mass is 425 g/mol. The van der Waals surface area contributed by atoms with Crippen LogP contribution in [0.4, 0.5) is 0 Å². The van der Waals surface area contributed by atoms with Gasteiger partial charge in [0.2, 0.25) is 9.84 Å². The van der Waals surface area contributed by atoms with Crippen molar-refractivity contribution in [3.05, 3.63) is 89.2 Å². The van der Waals surface area contributed by atoms with Crippen LogP contribution in [0.25, 0.3) is 11.0 Å². The Bertz CT molecular complexity index is 1270. The van der Waals surface area contributed by atoms with Crippen molar-refractivity contribution in [1.29, 1.82) is 0 Å². The number of carbonyl (C=O) groups is 1. The van der Waals surface area contributed by atoms with E-state index in [0.29, 0.717) is 16.2 Å². The molecule has 0 spiro atoms. The molecule has 4 rings (SSSR count). The van der Waals surface area contributed by atoms with Gasteiger partial charge in [-0.1, -0.05) is 29.8 Å². The van der Waals surface area contributed by atoms with Crippen molar-refractivity contribution in [3.8, 4) is 0 Å². The number of H-pyrrole nitrogens is 1. The van der Waals surface area contributed by atoms with Gasteiger partial charge in [0, 0.05) is 17.8 Å². The summed E-state index contributed by atoms with van der Waals surface area (Å²) in [6.45, 7) is 0.263. The Morgan fingerprint density at radius 3 is 2.52 bits per heavy atom. The Morgan fingerprint density at radius 2 is 1.79 bits per heavy atom. The number of carbonyl (C=O) groups excluding carboxylic acids is 1. The van der Waals surface area contributed by atoms with Crippen LogP contribution in [0, 0.1) is 0 Å². The molecule has 0 aliphatic rings. The molecule has 1 amide bonds. The lowest BCUT2D eigenvalue weighted by Crippen LogP contribution is -2.23. The Balaban J connectivity index is 1.46. The number of aromatic nitrogens is 2. The molecule has 146 valence electrons. The van der Waals surface area contributed by atoms with Gasteiger partial charge in [-0.25, -0.2) is 8.42 Å². The van der Waals surface area contributed by atoms with Crippen LogP contribution in [-0.4, -0.2) is 24.3 Å². The summed E-state index contributed by atoms with van der Waals surface area (Å²) in [7, 11) is -3.65. The van der Waals surface area contributed by atoms with Gasteiger partial charge in [0.25, 0.3) is 5.91 Å². The lowest BCUT2D eigenvalue weighted by atomic mass is 10.2. The maximum atomic E-state index is 12.7. The standard InChI is InChI=1S/C21H16ClN3O3S/c22-15-3-1-4-17(11-15)29(27,28)16-8-6-14(7-9-16)13-24-21(26)20-12-19-18(25-20)5-2-10-23-19/h1-12,25H,13H2,(H,24,26). The molecular formula is C21H16ClN3O3S. The molecule has 6 nitrogen and oxygen atoms in total. The number of fused-ring (bicyclic) bond motifs is 1. The molecule has 8 heteroatoms. The zero-order valence-electron chi connectivity index (χ0n) is 15.1. The SMILES string of the molecule is O=C(NCc1ccc(S(=O)(=O)c2cccc(Cl)c2)cc1)c1cc2ncccc2[nH]1. The molecule has 0 radical (unpaired) electrons. The Hall–Kier alpha value is -3.16. The third-order valence-corrected chi connectivity index (χ3v) is 6.43. The zero-order valence-corrected chi connectivity index (χ0v) is 16.7. The zero-order chi connectivity index (χ0) is 20.4. The van der Waals surface area contributed by atoms with Gasteiger partial charge in [-0.2, -0.15) is 0 Å². The number of sulfone groups is 1. The molecule has 0 bridgehead atoms. The highest BCUT2D eigenvalue weighted by molar-refractivity contribution is 7.91. The quantitative estimate of drug-likeness (QED) is 0.506. The van der Waals surface area contributed by atoms with Crippen LogP contribution in [0.15, 0.2) is 82.7 Å². The average molecular weight is 426 g/mol. The predicted molar refractivity (Wildman–Crippen MR) is 111 cm³/mol. The van der Waals surface area contributed by atoms with Crippen molar-refractivity contribution in [2.75, 3.05) is 0 Å². The minimum absolute atomic E-state index is 0.137. The number of halogens is 1. The van der Waals surface area contributed by atoms with Crippen molar-refractivity contribution >= 4 is 38.4 Å². The van der Waals surface area contributed by atoms with Gasteiger partial charge in [0.05, 0.1) is 20.8 Å². The van der Waals surface area contributed by atoms with E-state index in [1.165, 1.54) is 24.3 Å². The molecule has 0 unspecified atom stereocenters. The van der Waals surface area contributed by atoms with E-state index in [0.717, 1.165) is 11.1 Å². The summed E-state index contributed by atoms with van der Waals surface area (Å²) < 4.78 is 25.4. The smallest absolute Gasteiger partial charge is 0.268 e. The summed E-state index contributed by atoms with van der Waals surface area (Å²) >= 11 is 5.90. The first-order valence-electron chi connectivity index (χ1n) is 8.75. The lowest BCUT2D eigenvalue weighted by molar-refractivity contribution is 0.0946. The molecule has 0 saturated carbocycles. The van der Waals surface area contributed by atoms with E-state index in [2.05, 4.69) is 15.3 Å². The molecule has 0 atom stereocenters. The number of rotatable bonds is 5. The molecule has 2 aromatic carbocycles. The molecule has 2 heterocycles. The van der Waals surface area contributed by atoms with Crippen LogP contribution in [0.5, 0.6) is 0 Å². The van der Waals surface area contributed by atoms with Crippen LogP contribution < -0.4 is 5.32 Å². The van der Waals surface area contributed by atoms with E-state index in [9.17, 15) is 13.2 Å². The summed E-state index contributed by atoms with van der Waals surface area (Å²) in [5, 5.41) is 3.17. The highest BCUT2D eigenvalue weighted by atomic mass is 35.5. The molecule has 4 aromatic rings. The van der Waals surface area contributed by atoms with E-state index < -0.39 is 9.84 Å². The molecule has 0 saturated heterocycles. The van der Waals surface area contributed by atoms with Crippen molar-refractivity contribution < 1.29 is 13.2 Å². The summed E-state index contributed by atoms with van der Waals surface area (Å²) in [5.74, 6) is -0.265. The first-order chi connectivity index (χ1) is 13.9. The fourth-order valence-electron chi connectivity index (χ4n) is 2.91. The van der Waals surface area contributed by atoms with Gasteiger partial charge < -0.3 is 10.3 Å².